The fourth-order valence-corrected chi connectivity index (χ4v) is 2.13. The van der Waals surface area contributed by atoms with Gasteiger partial charge in [-0.2, -0.15) is 0 Å². The minimum absolute atomic E-state index is 0.0820. The molecule has 0 saturated heterocycles. The first-order valence-corrected chi connectivity index (χ1v) is 6.22. The van der Waals surface area contributed by atoms with Crippen LogP contribution in [0.4, 0.5) is 0 Å². The number of aliphatic hydroxyl groups is 2. The van der Waals surface area contributed by atoms with Gasteiger partial charge in [-0.1, -0.05) is 34.8 Å². The van der Waals surface area contributed by atoms with E-state index in [1.807, 2.05) is 0 Å². The van der Waals surface area contributed by atoms with Crippen molar-refractivity contribution >= 4 is 40.7 Å². The monoisotopic (exact) mass is 311 g/mol. The molecule has 4 nitrogen and oxygen atoms in total. The Kier molecular flexibility index (Phi) is 5.69. The molecule has 7 heteroatoms. The Bertz CT molecular complexity index is 453. The fourth-order valence-electron chi connectivity index (χ4n) is 1.37. The number of carbonyl (C=O) groups excluding carboxylic acids is 1. The normalized spacial score (nSPS) is 14.1. The maximum atomic E-state index is 10.7. The number of amides is 1. The average molecular weight is 313 g/mol. The number of halogens is 3. The molecule has 0 radical (unpaired) electrons. The van der Waals surface area contributed by atoms with Gasteiger partial charge in [0.25, 0.3) is 0 Å². The largest absolute Gasteiger partial charge is 0.388 e. The molecule has 100 valence electrons. The molecular formula is C11H12Cl3NO3. The van der Waals surface area contributed by atoms with E-state index in [1.165, 1.54) is 19.1 Å². The molecule has 1 aromatic rings. The number of hydrogen-bond donors (Lipinski definition) is 3. The topological polar surface area (TPSA) is 69.6 Å². The molecule has 0 aliphatic carbocycles. The van der Waals surface area contributed by atoms with Gasteiger partial charge < -0.3 is 15.5 Å². The molecule has 2 atom stereocenters. The summed E-state index contributed by atoms with van der Waals surface area (Å²) in [6.07, 6.45) is -2.57. The summed E-state index contributed by atoms with van der Waals surface area (Å²) in [4.78, 5) is 10.7. The highest BCUT2D eigenvalue weighted by atomic mass is 35.5. The van der Waals surface area contributed by atoms with Gasteiger partial charge in [0.15, 0.2) is 0 Å². The number of nitrogens with one attached hydrogen (secondary N) is 1. The third-order valence-electron chi connectivity index (χ3n) is 2.30. The minimum Gasteiger partial charge on any atom is -0.388 e. The first kappa shape index (κ1) is 15.5. The SMILES string of the molecule is CC(=O)NCC(O)C(O)c1c(Cl)ccc(Cl)c1Cl. The molecule has 18 heavy (non-hydrogen) atoms. The van der Waals surface area contributed by atoms with Crippen molar-refractivity contribution < 1.29 is 15.0 Å². The van der Waals surface area contributed by atoms with Crippen molar-refractivity contribution in [3.63, 3.8) is 0 Å². The summed E-state index contributed by atoms with van der Waals surface area (Å²) in [5.74, 6) is -0.315. The van der Waals surface area contributed by atoms with Crippen LogP contribution in [0.25, 0.3) is 0 Å². The number of carbonyl (C=O) groups is 1. The van der Waals surface area contributed by atoms with Gasteiger partial charge in [-0.05, 0) is 12.1 Å². The molecule has 2 unspecified atom stereocenters. The van der Waals surface area contributed by atoms with E-state index in [0.29, 0.717) is 0 Å². The second kappa shape index (κ2) is 6.59. The molecule has 1 rings (SSSR count). The summed E-state index contributed by atoms with van der Waals surface area (Å²) in [5.41, 5.74) is 0.142. The lowest BCUT2D eigenvalue weighted by Crippen LogP contribution is -2.34. The van der Waals surface area contributed by atoms with Crippen LogP contribution in [0.15, 0.2) is 12.1 Å². The first-order chi connectivity index (χ1) is 8.34. The van der Waals surface area contributed by atoms with E-state index in [-0.39, 0.29) is 33.1 Å². The highest BCUT2D eigenvalue weighted by Crippen LogP contribution is 2.36. The minimum atomic E-state index is -1.34. The van der Waals surface area contributed by atoms with Crippen molar-refractivity contribution in [2.75, 3.05) is 6.54 Å². The van der Waals surface area contributed by atoms with Gasteiger partial charge in [-0.3, -0.25) is 4.79 Å². The second-order valence-electron chi connectivity index (χ2n) is 3.71. The molecule has 1 aromatic carbocycles. The van der Waals surface area contributed by atoms with Crippen LogP contribution in [0.1, 0.15) is 18.6 Å². The Morgan fingerprint density at radius 1 is 1.28 bits per heavy atom. The number of hydrogen-bond acceptors (Lipinski definition) is 3. The lowest BCUT2D eigenvalue weighted by Gasteiger charge is -2.20. The van der Waals surface area contributed by atoms with Gasteiger partial charge >= 0.3 is 0 Å². The Labute approximate surface area is 119 Å². The smallest absolute Gasteiger partial charge is 0.216 e. The van der Waals surface area contributed by atoms with E-state index in [2.05, 4.69) is 5.32 Å². The van der Waals surface area contributed by atoms with Crippen molar-refractivity contribution in [1.82, 2.24) is 5.32 Å². The molecule has 0 spiro atoms. The quantitative estimate of drug-likeness (QED) is 0.746. The Morgan fingerprint density at radius 3 is 2.39 bits per heavy atom. The summed E-state index contributed by atoms with van der Waals surface area (Å²) < 4.78 is 0. The molecule has 0 saturated carbocycles. The molecular weight excluding hydrogens is 300 g/mol. The zero-order chi connectivity index (χ0) is 13.9. The summed E-state index contributed by atoms with van der Waals surface area (Å²) in [6, 6.07) is 2.96. The van der Waals surface area contributed by atoms with E-state index in [4.69, 9.17) is 34.8 Å². The standard InChI is InChI=1S/C11H12Cl3NO3/c1-5(16)15-4-8(17)11(18)9-6(12)2-3-7(13)10(9)14/h2-3,8,11,17-18H,4H2,1H3,(H,15,16). The summed E-state index contributed by atoms with van der Waals surface area (Å²) in [6.45, 7) is 1.19. The summed E-state index contributed by atoms with van der Waals surface area (Å²) >= 11 is 17.6. The zero-order valence-electron chi connectivity index (χ0n) is 9.45. The van der Waals surface area contributed by atoms with Crippen LogP contribution in [-0.2, 0) is 4.79 Å². The molecule has 0 bridgehead atoms. The van der Waals surface area contributed by atoms with Gasteiger partial charge in [-0.25, -0.2) is 0 Å². The van der Waals surface area contributed by atoms with Crippen molar-refractivity contribution in [3.05, 3.63) is 32.8 Å². The maximum Gasteiger partial charge on any atom is 0.216 e. The molecule has 0 aliphatic rings. The van der Waals surface area contributed by atoms with E-state index >= 15 is 0 Å². The predicted molar refractivity (Wildman–Crippen MR) is 71.1 cm³/mol. The molecule has 0 aromatic heterocycles. The average Bonchev–Trinajstić information content (AvgIpc) is 2.31. The lowest BCUT2D eigenvalue weighted by molar-refractivity contribution is -0.119. The molecule has 0 fully saturated rings. The number of benzene rings is 1. The van der Waals surface area contributed by atoms with Crippen LogP contribution in [0.3, 0.4) is 0 Å². The van der Waals surface area contributed by atoms with Gasteiger partial charge in [0.05, 0.1) is 10.0 Å². The van der Waals surface area contributed by atoms with E-state index in [9.17, 15) is 15.0 Å². The maximum absolute atomic E-state index is 10.7. The molecule has 3 N–H and O–H groups in total. The number of aliphatic hydroxyl groups excluding tert-OH is 2. The Morgan fingerprint density at radius 2 is 1.83 bits per heavy atom. The fraction of sp³-hybridized carbons (Fsp3) is 0.364. The third kappa shape index (κ3) is 3.73. The summed E-state index contributed by atoms with van der Waals surface area (Å²) in [7, 11) is 0. The van der Waals surface area contributed by atoms with Gasteiger partial charge in [0.1, 0.15) is 12.2 Å². The zero-order valence-corrected chi connectivity index (χ0v) is 11.7. The third-order valence-corrected chi connectivity index (χ3v) is 3.45. The molecule has 0 heterocycles. The molecule has 1 amide bonds. The Hall–Kier alpha value is -0.520. The van der Waals surface area contributed by atoms with Gasteiger partial charge in [-0.15, -0.1) is 0 Å². The van der Waals surface area contributed by atoms with Crippen LogP contribution >= 0.6 is 34.8 Å². The van der Waals surface area contributed by atoms with E-state index in [1.54, 1.807) is 0 Å². The van der Waals surface area contributed by atoms with Crippen molar-refractivity contribution in [2.24, 2.45) is 0 Å². The lowest BCUT2D eigenvalue weighted by atomic mass is 10.0. The van der Waals surface area contributed by atoms with Gasteiger partial charge in [0.2, 0.25) is 5.91 Å². The van der Waals surface area contributed by atoms with Crippen LogP contribution in [0, 0.1) is 0 Å². The number of rotatable bonds is 4. The molecule has 0 aliphatic heterocycles. The highest BCUT2D eigenvalue weighted by Gasteiger charge is 2.24. The highest BCUT2D eigenvalue weighted by molar-refractivity contribution is 6.44. The van der Waals surface area contributed by atoms with Crippen molar-refractivity contribution in [1.29, 1.82) is 0 Å². The van der Waals surface area contributed by atoms with E-state index in [0.717, 1.165) is 0 Å². The van der Waals surface area contributed by atoms with Crippen LogP contribution in [0.5, 0.6) is 0 Å². The predicted octanol–water partition coefficient (Wildman–Crippen LogP) is 2.18. The van der Waals surface area contributed by atoms with Crippen molar-refractivity contribution in [2.45, 2.75) is 19.1 Å². The van der Waals surface area contributed by atoms with E-state index < -0.39 is 12.2 Å². The second-order valence-corrected chi connectivity index (χ2v) is 4.90. The van der Waals surface area contributed by atoms with Gasteiger partial charge in [0, 0.05) is 24.1 Å². The van der Waals surface area contributed by atoms with Crippen molar-refractivity contribution in [3.8, 4) is 0 Å². The first-order valence-electron chi connectivity index (χ1n) is 5.08. The van der Waals surface area contributed by atoms with Crippen LogP contribution in [-0.4, -0.2) is 28.8 Å². The van der Waals surface area contributed by atoms with Crippen LogP contribution in [0.2, 0.25) is 15.1 Å². The summed E-state index contributed by atoms with van der Waals surface area (Å²) in [5, 5.41) is 22.6. The Balaban J connectivity index is 2.92. The van der Waals surface area contributed by atoms with Crippen LogP contribution < -0.4 is 5.32 Å².